The number of piperidine rings is 1. The molecule has 0 saturated carbocycles. The van der Waals surface area contributed by atoms with E-state index in [9.17, 15) is 0 Å². The lowest BCUT2D eigenvalue weighted by molar-refractivity contribution is 0.0788. The summed E-state index contributed by atoms with van der Waals surface area (Å²) >= 11 is 0. The van der Waals surface area contributed by atoms with E-state index in [1.165, 1.54) is 12.8 Å². The zero-order chi connectivity index (χ0) is 17.4. The van der Waals surface area contributed by atoms with E-state index >= 15 is 0 Å². The van der Waals surface area contributed by atoms with Crippen LogP contribution >= 0.6 is 0 Å². The summed E-state index contributed by atoms with van der Waals surface area (Å²) in [5.41, 5.74) is 1.09. The first kappa shape index (κ1) is 16.3. The second-order valence-electron chi connectivity index (χ2n) is 7.53. The summed E-state index contributed by atoms with van der Waals surface area (Å²) in [4.78, 5) is 8.81. The van der Waals surface area contributed by atoms with Crippen molar-refractivity contribution in [2.75, 3.05) is 5.32 Å². The molecule has 0 aromatic carbocycles. The number of ether oxygens (including phenoxy) is 1. The summed E-state index contributed by atoms with van der Waals surface area (Å²) in [5, 5.41) is 14.2. The summed E-state index contributed by atoms with van der Waals surface area (Å²) in [5.74, 6) is 2.84. The number of aromatic nitrogens is 4. The van der Waals surface area contributed by atoms with Crippen molar-refractivity contribution in [3.63, 3.8) is 0 Å². The van der Waals surface area contributed by atoms with Gasteiger partial charge in [-0.05, 0) is 25.2 Å². The van der Waals surface area contributed by atoms with Crippen molar-refractivity contribution < 1.29 is 4.74 Å². The first-order chi connectivity index (χ1) is 12.1. The van der Waals surface area contributed by atoms with Crippen molar-refractivity contribution in [3.8, 4) is 5.88 Å². The van der Waals surface area contributed by atoms with Gasteiger partial charge in [-0.25, -0.2) is 0 Å². The molecule has 0 unspecified atom stereocenters. The zero-order valence-electron chi connectivity index (χ0n) is 15.0. The topological polar surface area (TPSA) is 87.8 Å². The van der Waals surface area contributed by atoms with Crippen LogP contribution in [0.25, 0.3) is 0 Å². The molecule has 4 atom stereocenters. The highest BCUT2D eigenvalue weighted by molar-refractivity contribution is 5.51. The van der Waals surface area contributed by atoms with Gasteiger partial charge < -0.3 is 15.4 Å². The Kier molecular flexibility index (Phi) is 4.33. The zero-order valence-corrected chi connectivity index (χ0v) is 15.0. The predicted molar refractivity (Wildman–Crippen MR) is 96.1 cm³/mol. The second-order valence-corrected chi connectivity index (χ2v) is 7.53. The Labute approximate surface area is 148 Å². The van der Waals surface area contributed by atoms with Crippen LogP contribution in [-0.2, 0) is 0 Å². The largest absolute Gasteiger partial charge is 0.473 e. The van der Waals surface area contributed by atoms with E-state index in [0.29, 0.717) is 35.6 Å². The molecule has 3 N–H and O–H groups in total. The lowest BCUT2D eigenvalue weighted by Crippen LogP contribution is -2.49. The highest BCUT2D eigenvalue weighted by Crippen LogP contribution is 2.33. The van der Waals surface area contributed by atoms with Gasteiger partial charge in [0.05, 0.1) is 12.4 Å². The van der Waals surface area contributed by atoms with Gasteiger partial charge in [0, 0.05) is 29.8 Å². The molecule has 134 valence electrons. The number of hydrogen-bond donors (Lipinski definition) is 3. The fourth-order valence-electron chi connectivity index (χ4n) is 3.81. The SMILES string of the molecule is CC(C)c1cc(Nc2cncc(O[C@H]3C[C@H]4CC[C@H](N4)[C@H]3C)n2)n[nH]1. The molecule has 0 radical (unpaired) electrons. The number of rotatable bonds is 5. The van der Waals surface area contributed by atoms with Gasteiger partial charge in [0.15, 0.2) is 11.6 Å². The van der Waals surface area contributed by atoms with Crippen LogP contribution in [-0.4, -0.2) is 38.4 Å². The monoisotopic (exact) mass is 342 g/mol. The highest BCUT2D eigenvalue weighted by Gasteiger charge is 2.40. The second kappa shape index (κ2) is 6.63. The third-order valence-electron chi connectivity index (χ3n) is 5.37. The molecular formula is C18H26N6O. The predicted octanol–water partition coefficient (Wildman–Crippen LogP) is 2.97. The van der Waals surface area contributed by atoms with Crippen LogP contribution in [0, 0.1) is 5.92 Å². The quantitative estimate of drug-likeness (QED) is 0.774. The van der Waals surface area contributed by atoms with Gasteiger partial charge in [-0.2, -0.15) is 10.1 Å². The number of nitrogens with zero attached hydrogens (tertiary/aromatic N) is 3. The minimum Gasteiger partial charge on any atom is -0.473 e. The standard InChI is InChI=1S/C18H26N6O/c1-10(2)14-7-16(24-23-14)21-17-8-19-9-18(22-17)25-15-6-12-4-5-13(20-12)11(15)3/h7-13,15,20H,4-6H2,1-3H3,(H2,21,22,23,24)/t11-,12-,13+,15+/m1/s1. The Bertz CT molecular complexity index is 730. The molecule has 7 nitrogen and oxygen atoms in total. The minimum absolute atomic E-state index is 0.196. The summed E-state index contributed by atoms with van der Waals surface area (Å²) in [6.45, 7) is 6.51. The van der Waals surface area contributed by atoms with E-state index in [1.807, 2.05) is 6.07 Å². The van der Waals surface area contributed by atoms with Crippen LogP contribution in [0.3, 0.4) is 0 Å². The average molecular weight is 342 g/mol. The normalized spacial score (nSPS) is 28.3. The molecule has 2 fully saturated rings. The molecule has 0 amide bonds. The number of fused-ring (bicyclic) bond motifs is 2. The van der Waals surface area contributed by atoms with E-state index < -0.39 is 0 Å². The minimum atomic E-state index is 0.196. The average Bonchev–Trinajstić information content (AvgIpc) is 3.21. The number of nitrogens with one attached hydrogen (secondary N) is 3. The van der Waals surface area contributed by atoms with Gasteiger partial charge in [0.2, 0.25) is 5.88 Å². The van der Waals surface area contributed by atoms with Gasteiger partial charge in [-0.3, -0.25) is 10.1 Å². The number of aromatic amines is 1. The molecule has 4 heterocycles. The van der Waals surface area contributed by atoms with Crippen molar-refractivity contribution >= 4 is 11.6 Å². The fourth-order valence-corrected chi connectivity index (χ4v) is 3.81. The van der Waals surface area contributed by atoms with E-state index in [-0.39, 0.29) is 6.10 Å². The van der Waals surface area contributed by atoms with Crippen molar-refractivity contribution in [1.29, 1.82) is 0 Å². The first-order valence-corrected chi connectivity index (χ1v) is 9.15. The van der Waals surface area contributed by atoms with Gasteiger partial charge in [0.25, 0.3) is 0 Å². The van der Waals surface area contributed by atoms with Crippen LogP contribution in [0.15, 0.2) is 18.5 Å². The third kappa shape index (κ3) is 3.46. The molecule has 2 aromatic heterocycles. The van der Waals surface area contributed by atoms with Gasteiger partial charge >= 0.3 is 0 Å². The third-order valence-corrected chi connectivity index (χ3v) is 5.37. The molecule has 2 aromatic rings. The van der Waals surface area contributed by atoms with Crippen LogP contribution in [0.5, 0.6) is 5.88 Å². The summed E-state index contributed by atoms with van der Waals surface area (Å²) in [6, 6.07) is 3.14. The maximum atomic E-state index is 6.19. The van der Waals surface area contributed by atoms with E-state index in [4.69, 9.17) is 4.74 Å². The van der Waals surface area contributed by atoms with Crippen molar-refractivity contribution in [2.45, 2.75) is 64.1 Å². The van der Waals surface area contributed by atoms with Gasteiger partial charge in [-0.15, -0.1) is 0 Å². The first-order valence-electron chi connectivity index (χ1n) is 9.15. The highest BCUT2D eigenvalue weighted by atomic mass is 16.5. The van der Waals surface area contributed by atoms with E-state index in [1.54, 1.807) is 12.4 Å². The van der Waals surface area contributed by atoms with Crippen LogP contribution in [0.1, 0.15) is 51.6 Å². The molecule has 2 saturated heterocycles. The Morgan fingerprint density at radius 3 is 2.92 bits per heavy atom. The van der Waals surface area contributed by atoms with E-state index in [2.05, 4.69) is 51.6 Å². The van der Waals surface area contributed by atoms with Crippen LogP contribution in [0.2, 0.25) is 0 Å². The molecule has 2 bridgehead atoms. The molecule has 0 spiro atoms. The molecule has 2 aliphatic rings. The fraction of sp³-hybridized carbons (Fsp3) is 0.611. The molecule has 25 heavy (non-hydrogen) atoms. The Hall–Kier alpha value is -2.15. The number of anilines is 2. The molecule has 7 heteroatoms. The van der Waals surface area contributed by atoms with Crippen LogP contribution in [0.4, 0.5) is 11.6 Å². The Morgan fingerprint density at radius 1 is 1.24 bits per heavy atom. The Balaban J connectivity index is 1.44. The van der Waals surface area contributed by atoms with Crippen LogP contribution < -0.4 is 15.4 Å². The number of hydrogen-bond acceptors (Lipinski definition) is 6. The van der Waals surface area contributed by atoms with Crippen molar-refractivity contribution in [2.24, 2.45) is 5.92 Å². The number of H-pyrrole nitrogens is 1. The molecule has 2 aliphatic heterocycles. The molecular weight excluding hydrogens is 316 g/mol. The summed E-state index contributed by atoms with van der Waals surface area (Å²) < 4.78 is 6.19. The van der Waals surface area contributed by atoms with Crippen molar-refractivity contribution in [3.05, 3.63) is 24.2 Å². The summed E-state index contributed by atoms with van der Waals surface area (Å²) in [6.07, 6.45) is 7.10. The maximum absolute atomic E-state index is 6.19. The maximum Gasteiger partial charge on any atom is 0.234 e. The lowest BCUT2D eigenvalue weighted by Gasteiger charge is -2.35. The molecule has 0 aliphatic carbocycles. The summed E-state index contributed by atoms with van der Waals surface area (Å²) in [7, 11) is 0. The smallest absolute Gasteiger partial charge is 0.234 e. The van der Waals surface area contributed by atoms with E-state index in [0.717, 1.165) is 17.9 Å². The van der Waals surface area contributed by atoms with Gasteiger partial charge in [-0.1, -0.05) is 20.8 Å². The molecule has 4 rings (SSSR count). The van der Waals surface area contributed by atoms with Gasteiger partial charge in [0.1, 0.15) is 6.10 Å². The Morgan fingerprint density at radius 2 is 2.12 bits per heavy atom. The lowest BCUT2D eigenvalue weighted by atomic mass is 9.91. The van der Waals surface area contributed by atoms with Crippen molar-refractivity contribution in [1.82, 2.24) is 25.5 Å².